The summed E-state index contributed by atoms with van der Waals surface area (Å²) in [5, 5.41) is 11.8. The Labute approximate surface area is 345 Å². The van der Waals surface area contributed by atoms with Crippen LogP contribution in [0.1, 0.15) is 0 Å². The first kappa shape index (κ1) is 32.9. The molecule has 0 N–H and O–H groups in total. The molecule has 10 aromatic carbocycles. The highest BCUT2D eigenvalue weighted by atomic mass is 16.3. The second-order valence-electron chi connectivity index (χ2n) is 15.7. The van der Waals surface area contributed by atoms with E-state index in [-0.39, 0.29) is 0 Å². The van der Waals surface area contributed by atoms with E-state index in [0.29, 0.717) is 0 Å². The van der Waals surface area contributed by atoms with Crippen molar-refractivity contribution in [2.75, 3.05) is 9.80 Å². The molecule has 4 nitrogen and oxygen atoms in total. The van der Waals surface area contributed by atoms with Crippen molar-refractivity contribution in [1.82, 2.24) is 4.40 Å². The van der Waals surface area contributed by atoms with Gasteiger partial charge in [0, 0.05) is 71.8 Å². The number of hydrogen-bond acceptors (Lipinski definition) is 3. The number of benzene rings is 10. The monoisotopic (exact) mass is 765 g/mol. The highest BCUT2D eigenvalue weighted by Gasteiger charge is 2.24. The molecule has 4 heteroatoms. The Bertz CT molecular complexity index is 3740. The summed E-state index contributed by atoms with van der Waals surface area (Å²) in [6.45, 7) is 0. The topological polar surface area (TPSA) is 24.0 Å². The molecule has 3 aromatic heterocycles. The van der Waals surface area contributed by atoms with Gasteiger partial charge in [-0.2, -0.15) is 0 Å². The van der Waals surface area contributed by atoms with Gasteiger partial charge in [-0.15, -0.1) is 0 Å². The number of rotatable bonds is 6. The summed E-state index contributed by atoms with van der Waals surface area (Å²) in [5.41, 5.74) is 12.0. The van der Waals surface area contributed by atoms with Crippen LogP contribution in [0.3, 0.4) is 0 Å². The zero-order valence-electron chi connectivity index (χ0n) is 32.5. The van der Waals surface area contributed by atoms with Gasteiger partial charge in [0.25, 0.3) is 0 Å². The Hall–Kier alpha value is -8.08. The average molecular weight is 766 g/mol. The molecular formula is C56H35N3O. The third-order valence-corrected chi connectivity index (χ3v) is 12.4. The van der Waals surface area contributed by atoms with Gasteiger partial charge in [0.1, 0.15) is 11.2 Å². The Balaban J connectivity index is 1.12. The molecule has 0 radical (unpaired) electrons. The molecule has 3 heterocycles. The number of hydrogen-bond donors (Lipinski definition) is 0. The zero-order chi connectivity index (χ0) is 39.3. The van der Waals surface area contributed by atoms with E-state index in [9.17, 15) is 0 Å². The van der Waals surface area contributed by atoms with Crippen molar-refractivity contribution in [3.63, 3.8) is 0 Å². The maximum Gasteiger partial charge on any atom is 0.143 e. The molecule has 0 saturated heterocycles. The van der Waals surface area contributed by atoms with E-state index < -0.39 is 0 Å². The van der Waals surface area contributed by atoms with Crippen LogP contribution in [0, 0.1) is 0 Å². The van der Waals surface area contributed by atoms with E-state index in [1.165, 1.54) is 54.3 Å². The Morgan fingerprint density at radius 2 is 0.867 bits per heavy atom. The molecule has 60 heavy (non-hydrogen) atoms. The number of para-hydroxylation sites is 4. The predicted molar refractivity (Wildman–Crippen MR) is 253 cm³/mol. The smallest absolute Gasteiger partial charge is 0.143 e. The van der Waals surface area contributed by atoms with Crippen molar-refractivity contribution < 1.29 is 4.42 Å². The lowest BCUT2D eigenvalue weighted by Crippen LogP contribution is -2.10. The van der Waals surface area contributed by atoms with Gasteiger partial charge in [0.15, 0.2) is 0 Å². The summed E-state index contributed by atoms with van der Waals surface area (Å²) in [6, 6.07) is 76.8. The van der Waals surface area contributed by atoms with E-state index in [4.69, 9.17) is 4.42 Å². The summed E-state index contributed by atoms with van der Waals surface area (Å²) in [6.07, 6.45) is 0. The van der Waals surface area contributed by atoms with Gasteiger partial charge < -0.3 is 18.6 Å². The molecule has 0 aliphatic rings. The third-order valence-electron chi connectivity index (χ3n) is 12.4. The molecule has 0 aliphatic carbocycles. The summed E-state index contributed by atoms with van der Waals surface area (Å²) in [7, 11) is 0. The van der Waals surface area contributed by atoms with Crippen molar-refractivity contribution in [2.45, 2.75) is 0 Å². The highest BCUT2D eigenvalue weighted by molar-refractivity contribution is 6.28. The van der Waals surface area contributed by atoms with Crippen molar-refractivity contribution in [3.05, 3.63) is 212 Å². The molecule has 0 unspecified atom stereocenters. The largest absolute Gasteiger partial charge is 0.455 e. The van der Waals surface area contributed by atoms with Crippen LogP contribution in [0.4, 0.5) is 34.1 Å². The minimum absolute atomic E-state index is 0.879. The molecule has 0 atom stereocenters. The summed E-state index contributed by atoms with van der Waals surface area (Å²) in [5.74, 6) is 0. The fourth-order valence-corrected chi connectivity index (χ4v) is 9.84. The molecule has 0 spiro atoms. The molecular weight excluding hydrogens is 731 g/mol. The van der Waals surface area contributed by atoms with E-state index in [2.05, 4.69) is 227 Å². The van der Waals surface area contributed by atoms with Gasteiger partial charge in [0.05, 0.1) is 16.6 Å². The van der Waals surface area contributed by atoms with Gasteiger partial charge in [-0.25, -0.2) is 0 Å². The van der Waals surface area contributed by atoms with Crippen LogP contribution in [0.25, 0.3) is 81.6 Å². The number of anilines is 6. The van der Waals surface area contributed by atoms with Crippen molar-refractivity contribution in [1.29, 1.82) is 0 Å². The third kappa shape index (κ3) is 4.79. The molecule has 0 aliphatic heterocycles. The first-order valence-electron chi connectivity index (χ1n) is 20.5. The fourth-order valence-electron chi connectivity index (χ4n) is 9.84. The minimum Gasteiger partial charge on any atom is -0.455 e. The lowest BCUT2D eigenvalue weighted by Gasteiger charge is -2.28. The quantitative estimate of drug-likeness (QED) is 0.124. The second kappa shape index (κ2) is 12.7. The minimum atomic E-state index is 0.879. The van der Waals surface area contributed by atoms with Crippen molar-refractivity contribution >= 4 is 116 Å². The molecule has 0 amide bonds. The lowest BCUT2D eigenvalue weighted by atomic mass is 9.97. The molecule has 280 valence electrons. The van der Waals surface area contributed by atoms with E-state index in [1.807, 2.05) is 0 Å². The fraction of sp³-hybridized carbons (Fsp3) is 0. The van der Waals surface area contributed by atoms with Crippen LogP contribution in [-0.2, 0) is 0 Å². The number of pyridine rings is 1. The highest BCUT2D eigenvalue weighted by Crippen LogP contribution is 2.48. The van der Waals surface area contributed by atoms with Gasteiger partial charge in [-0.05, 0) is 113 Å². The Morgan fingerprint density at radius 3 is 1.60 bits per heavy atom. The van der Waals surface area contributed by atoms with E-state index in [1.54, 1.807) is 0 Å². The first-order valence-corrected chi connectivity index (χ1v) is 20.5. The summed E-state index contributed by atoms with van der Waals surface area (Å²) < 4.78 is 9.08. The van der Waals surface area contributed by atoms with Gasteiger partial charge in [-0.1, -0.05) is 115 Å². The predicted octanol–water partition coefficient (Wildman–Crippen LogP) is 16.0. The number of fused-ring (bicyclic) bond motifs is 10. The van der Waals surface area contributed by atoms with Crippen molar-refractivity contribution in [2.24, 2.45) is 0 Å². The molecule has 0 bridgehead atoms. The summed E-state index contributed by atoms with van der Waals surface area (Å²) in [4.78, 5) is 4.78. The van der Waals surface area contributed by atoms with Crippen LogP contribution in [0.2, 0.25) is 0 Å². The van der Waals surface area contributed by atoms with Crippen LogP contribution in [-0.4, -0.2) is 4.40 Å². The van der Waals surface area contributed by atoms with E-state index in [0.717, 1.165) is 61.4 Å². The second-order valence-corrected chi connectivity index (χ2v) is 15.7. The molecule has 0 fully saturated rings. The average Bonchev–Trinajstić information content (AvgIpc) is 3.85. The zero-order valence-corrected chi connectivity index (χ0v) is 32.5. The van der Waals surface area contributed by atoms with Crippen LogP contribution >= 0.6 is 0 Å². The van der Waals surface area contributed by atoms with Crippen LogP contribution in [0.15, 0.2) is 217 Å². The van der Waals surface area contributed by atoms with E-state index >= 15 is 0 Å². The maximum absolute atomic E-state index is 6.59. The maximum atomic E-state index is 6.59. The van der Waals surface area contributed by atoms with Gasteiger partial charge >= 0.3 is 0 Å². The van der Waals surface area contributed by atoms with Crippen LogP contribution in [0.5, 0.6) is 0 Å². The number of aromatic nitrogens is 1. The SMILES string of the molecule is c1ccc(N(c2ccc3oc4c5ccccc5ccc4c3c2)c2cc3cccc4c3c(c2)c2cc(N(c3ccccc3)c3ccccc3)cc3c5ccccc5n4c23)cc1. The lowest BCUT2D eigenvalue weighted by molar-refractivity contribution is 0.672. The standard InChI is InChI=1S/C56H35N3O/c1-4-17-38(18-5-1)57(39-19-6-2-7-20-39)43-34-49-45-24-12-13-25-51(45)59-52-26-14-16-37-31-42(33-48(54(37)52)50(35-43)55(49)59)58(40-21-8-3-9-22-40)41-28-30-53-47(32-41)46-29-27-36-15-10-11-23-44(36)56(46)60-53/h1-35H. The molecule has 13 aromatic rings. The Kier molecular flexibility index (Phi) is 6.98. The van der Waals surface area contributed by atoms with Gasteiger partial charge in [-0.3, -0.25) is 0 Å². The van der Waals surface area contributed by atoms with Crippen LogP contribution < -0.4 is 9.80 Å². The number of nitrogens with zero attached hydrogens (tertiary/aromatic N) is 3. The first-order chi connectivity index (χ1) is 29.8. The van der Waals surface area contributed by atoms with Crippen molar-refractivity contribution in [3.8, 4) is 0 Å². The molecule has 0 saturated carbocycles. The Morgan fingerprint density at radius 1 is 0.317 bits per heavy atom. The van der Waals surface area contributed by atoms with Gasteiger partial charge in [0.2, 0.25) is 0 Å². The number of furan rings is 1. The summed E-state index contributed by atoms with van der Waals surface area (Å²) >= 11 is 0. The molecule has 13 rings (SSSR count). The normalized spacial score (nSPS) is 12.0.